The molecule has 1 aromatic heterocycles. The van der Waals surface area contributed by atoms with E-state index in [9.17, 15) is 14.7 Å². The first-order chi connectivity index (χ1) is 9.58. The lowest BCUT2D eigenvalue weighted by Crippen LogP contribution is -2.48. The summed E-state index contributed by atoms with van der Waals surface area (Å²) in [6.07, 6.45) is 0.167. The third-order valence-electron chi connectivity index (χ3n) is 3.50. The third kappa shape index (κ3) is 3.68. The van der Waals surface area contributed by atoms with E-state index in [1.807, 2.05) is 13.0 Å². The molecule has 0 saturated carbocycles. The molecule has 0 radical (unpaired) electrons. The molecule has 0 bridgehead atoms. The van der Waals surface area contributed by atoms with Crippen LogP contribution in [0.15, 0.2) is 23.0 Å². The molecule has 1 aliphatic rings. The van der Waals surface area contributed by atoms with Gasteiger partial charge in [0.05, 0.1) is 18.8 Å². The van der Waals surface area contributed by atoms with E-state index < -0.39 is 6.10 Å². The van der Waals surface area contributed by atoms with Crippen molar-refractivity contribution in [2.24, 2.45) is 0 Å². The molecule has 1 fully saturated rings. The predicted molar refractivity (Wildman–Crippen MR) is 73.4 cm³/mol. The van der Waals surface area contributed by atoms with Crippen molar-refractivity contribution in [2.75, 3.05) is 13.2 Å². The maximum absolute atomic E-state index is 11.9. The van der Waals surface area contributed by atoms with Gasteiger partial charge in [0.1, 0.15) is 0 Å². The van der Waals surface area contributed by atoms with Gasteiger partial charge in [0.15, 0.2) is 0 Å². The number of aromatic nitrogens is 1. The van der Waals surface area contributed by atoms with Gasteiger partial charge in [-0.25, -0.2) is 0 Å². The van der Waals surface area contributed by atoms with Gasteiger partial charge in [-0.1, -0.05) is 6.07 Å². The van der Waals surface area contributed by atoms with Gasteiger partial charge in [-0.3, -0.25) is 9.59 Å². The summed E-state index contributed by atoms with van der Waals surface area (Å²) in [5, 5.41) is 12.5. The normalized spacial score (nSPS) is 22.5. The summed E-state index contributed by atoms with van der Waals surface area (Å²) in [6, 6.07) is 4.76. The first-order valence-electron chi connectivity index (χ1n) is 6.79. The van der Waals surface area contributed by atoms with Crippen molar-refractivity contribution in [3.05, 3.63) is 34.2 Å². The molecule has 1 aliphatic heterocycles. The Morgan fingerprint density at radius 1 is 1.55 bits per heavy atom. The summed E-state index contributed by atoms with van der Waals surface area (Å²) in [6.45, 7) is 2.97. The van der Waals surface area contributed by atoms with E-state index in [1.165, 1.54) is 6.07 Å². The summed E-state index contributed by atoms with van der Waals surface area (Å²) in [5.74, 6) is -0.161. The van der Waals surface area contributed by atoms with Crippen LogP contribution >= 0.6 is 0 Å². The van der Waals surface area contributed by atoms with Crippen molar-refractivity contribution >= 4 is 5.91 Å². The monoisotopic (exact) mass is 280 g/mol. The van der Waals surface area contributed by atoms with Crippen LogP contribution < -0.4 is 10.9 Å². The average Bonchev–Trinajstić information content (AvgIpc) is 2.41. The number of aliphatic hydroxyl groups is 1. The summed E-state index contributed by atoms with van der Waals surface area (Å²) in [7, 11) is 0. The largest absolute Gasteiger partial charge is 0.389 e. The van der Waals surface area contributed by atoms with Crippen LogP contribution in [0.5, 0.6) is 0 Å². The van der Waals surface area contributed by atoms with Crippen molar-refractivity contribution in [3.8, 4) is 0 Å². The second kappa shape index (κ2) is 6.67. The molecule has 1 amide bonds. The lowest BCUT2D eigenvalue weighted by atomic mass is 10.1. The number of aryl methyl sites for hydroxylation is 1. The fourth-order valence-corrected chi connectivity index (χ4v) is 2.29. The van der Waals surface area contributed by atoms with Gasteiger partial charge in [-0.2, -0.15) is 0 Å². The van der Waals surface area contributed by atoms with Crippen molar-refractivity contribution in [3.63, 3.8) is 0 Å². The topological polar surface area (TPSA) is 80.6 Å². The number of hydrogen-bond acceptors (Lipinski definition) is 4. The SMILES string of the molecule is Cc1cccc(=O)n1CCC(=O)N[C@@H]1CCOC[C@H]1O. The number of carbonyl (C=O) groups is 1. The number of carbonyl (C=O) groups excluding carboxylic acids is 1. The highest BCUT2D eigenvalue weighted by molar-refractivity contribution is 5.76. The number of hydrogen-bond donors (Lipinski definition) is 2. The molecular formula is C14H20N2O4. The molecule has 2 N–H and O–H groups in total. The van der Waals surface area contributed by atoms with Crippen LogP contribution in [0.25, 0.3) is 0 Å². The molecule has 6 heteroatoms. The van der Waals surface area contributed by atoms with E-state index in [0.29, 0.717) is 19.6 Å². The minimum atomic E-state index is -0.658. The van der Waals surface area contributed by atoms with Crippen molar-refractivity contribution in [1.29, 1.82) is 0 Å². The molecule has 0 aliphatic carbocycles. The standard InChI is InChI=1S/C14H20N2O4/c1-10-3-2-4-14(19)16(10)7-5-13(18)15-11-6-8-20-9-12(11)17/h2-4,11-12,17H,5-9H2,1H3,(H,15,18)/t11-,12-/m1/s1. The number of aliphatic hydroxyl groups excluding tert-OH is 1. The summed E-state index contributed by atoms with van der Waals surface area (Å²) in [4.78, 5) is 23.5. The fourth-order valence-electron chi connectivity index (χ4n) is 2.29. The molecule has 6 nitrogen and oxygen atoms in total. The number of pyridine rings is 1. The summed E-state index contributed by atoms with van der Waals surface area (Å²) in [5.41, 5.74) is 0.723. The smallest absolute Gasteiger partial charge is 0.250 e. The van der Waals surface area contributed by atoms with Crippen molar-refractivity contribution in [1.82, 2.24) is 9.88 Å². The first-order valence-corrected chi connectivity index (χ1v) is 6.79. The molecule has 2 rings (SSSR count). The Hall–Kier alpha value is -1.66. The van der Waals surface area contributed by atoms with Gasteiger partial charge in [0, 0.05) is 31.3 Å². The molecule has 1 saturated heterocycles. The summed E-state index contributed by atoms with van der Waals surface area (Å²) < 4.78 is 6.68. The highest BCUT2D eigenvalue weighted by Crippen LogP contribution is 2.07. The van der Waals surface area contributed by atoms with Gasteiger partial charge < -0.3 is 19.7 Å². The van der Waals surface area contributed by atoms with Crippen molar-refractivity contribution < 1.29 is 14.6 Å². The summed E-state index contributed by atoms with van der Waals surface area (Å²) >= 11 is 0. The van der Waals surface area contributed by atoms with E-state index >= 15 is 0 Å². The van der Waals surface area contributed by atoms with Crippen LogP contribution in [-0.4, -0.2) is 40.9 Å². The Kier molecular flexibility index (Phi) is 4.92. The predicted octanol–water partition coefficient (Wildman–Crippen LogP) is -0.187. The van der Waals surface area contributed by atoms with E-state index in [1.54, 1.807) is 10.6 Å². The van der Waals surface area contributed by atoms with E-state index in [0.717, 1.165) is 5.69 Å². The zero-order valence-electron chi connectivity index (χ0n) is 11.5. The molecule has 2 atom stereocenters. The zero-order chi connectivity index (χ0) is 14.5. The molecule has 1 aromatic rings. The van der Waals surface area contributed by atoms with Gasteiger partial charge >= 0.3 is 0 Å². The lowest BCUT2D eigenvalue weighted by molar-refractivity contribution is -0.124. The minimum absolute atomic E-state index is 0.107. The number of nitrogens with zero attached hydrogens (tertiary/aromatic N) is 1. The Morgan fingerprint density at radius 3 is 3.05 bits per heavy atom. The van der Waals surface area contributed by atoms with Crippen LogP contribution in [0.1, 0.15) is 18.5 Å². The highest BCUT2D eigenvalue weighted by Gasteiger charge is 2.24. The molecule has 110 valence electrons. The van der Waals surface area contributed by atoms with E-state index in [4.69, 9.17) is 4.74 Å². The quantitative estimate of drug-likeness (QED) is 0.801. The van der Waals surface area contributed by atoms with Crippen LogP contribution in [0.4, 0.5) is 0 Å². The highest BCUT2D eigenvalue weighted by atomic mass is 16.5. The van der Waals surface area contributed by atoms with Crippen LogP contribution in [0.2, 0.25) is 0 Å². The van der Waals surface area contributed by atoms with Gasteiger partial charge in [0.25, 0.3) is 5.56 Å². The zero-order valence-corrected chi connectivity index (χ0v) is 11.5. The van der Waals surface area contributed by atoms with E-state index in [2.05, 4.69) is 5.32 Å². The number of amides is 1. The Morgan fingerprint density at radius 2 is 2.35 bits per heavy atom. The molecule has 20 heavy (non-hydrogen) atoms. The second-order valence-electron chi connectivity index (χ2n) is 5.01. The lowest BCUT2D eigenvalue weighted by Gasteiger charge is -2.28. The maximum atomic E-state index is 11.9. The van der Waals surface area contributed by atoms with Gasteiger partial charge in [-0.05, 0) is 19.4 Å². The fraction of sp³-hybridized carbons (Fsp3) is 0.571. The van der Waals surface area contributed by atoms with E-state index in [-0.39, 0.29) is 30.5 Å². The first kappa shape index (κ1) is 14.7. The molecule has 2 heterocycles. The molecule has 0 aromatic carbocycles. The Bertz CT molecular complexity index is 526. The average molecular weight is 280 g/mol. The van der Waals surface area contributed by atoms with Crippen LogP contribution in [0, 0.1) is 6.92 Å². The van der Waals surface area contributed by atoms with Crippen LogP contribution in [-0.2, 0) is 16.1 Å². The molecule has 0 spiro atoms. The third-order valence-corrected chi connectivity index (χ3v) is 3.50. The number of rotatable bonds is 4. The maximum Gasteiger partial charge on any atom is 0.250 e. The second-order valence-corrected chi connectivity index (χ2v) is 5.01. The van der Waals surface area contributed by atoms with Crippen LogP contribution in [0.3, 0.4) is 0 Å². The number of ether oxygens (including phenoxy) is 1. The minimum Gasteiger partial charge on any atom is -0.389 e. The Balaban J connectivity index is 1.87. The Labute approximate surface area is 117 Å². The van der Waals surface area contributed by atoms with Crippen molar-refractivity contribution in [2.45, 2.75) is 38.5 Å². The molecule has 0 unspecified atom stereocenters. The molecular weight excluding hydrogens is 260 g/mol. The van der Waals surface area contributed by atoms with Gasteiger partial charge in [-0.15, -0.1) is 0 Å². The van der Waals surface area contributed by atoms with Gasteiger partial charge in [0.2, 0.25) is 5.91 Å². The number of nitrogens with one attached hydrogen (secondary N) is 1.